The summed E-state index contributed by atoms with van der Waals surface area (Å²) in [5.41, 5.74) is 0.601. The molecule has 0 saturated carbocycles. The Morgan fingerprint density at radius 2 is 2.22 bits per heavy atom. The molecule has 1 saturated heterocycles. The first-order valence-corrected chi connectivity index (χ1v) is 8.86. The molecular weight excluding hydrogens is 310 g/mol. The van der Waals surface area contributed by atoms with Crippen LogP contribution in [0.25, 0.3) is 0 Å². The molecule has 1 aliphatic heterocycles. The monoisotopic (exact) mass is 331 g/mol. The van der Waals surface area contributed by atoms with Gasteiger partial charge in [0.25, 0.3) is 5.91 Å². The molecule has 2 aromatic heterocycles. The molecule has 122 valence electrons. The minimum atomic E-state index is 0.0218. The van der Waals surface area contributed by atoms with E-state index in [0.29, 0.717) is 11.4 Å². The van der Waals surface area contributed by atoms with Gasteiger partial charge in [0.05, 0.1) is 17.7 Å². The van der Waals surface area contributed by atoms with Crippen molar-refractivity contribution >= 4 is 17.2 Å². The summed E-state index contributed by atoms with van der Waals surface area (Å²) in [6.07, 6.45) is 6.62. The van der Waals surface area contributed by atoms with Gasteiger partial charge in [0.1, 0.15) is 5.01 Å². The van der Waals surface area contributed by atoms with Crippen LogP contribution in [0.15, 0.2) is 29.9 Å². The number of pyridine rings is 1. The van der Waals surface area contributed by atoms with E-state index >= 15 is 0 Å². The van der Waals surface area contributed by atoms with E-state index in [0.717, 1.165) is 30.8 Å². The van der Waals surface area contributed by atoms with Gasteiger partial charge in [-0.1, -0.05) is 0 Å². The van der Waals surface area contributed by atoms with Gasteiger partial charge in [-0.05, 0) is 39.2 Å². The molecule has 1 unspecified atom stereocenters. The topological polar surface area (TPSA) is 55.3 Å². The van der Waals surface area contributed by atoms with Gasteiger partial charge >= 0.3 is 0 Å². The number of carbonyl (C=O) groups is 1. The predicted octanol–water partition coefficient (Wildman–Crippen LogP) is 3.69. The minimum absolute atomic E-state index is 0.0218. The van der Waals surface area contributed by atoms with Crippen LogP contribution in [0.5, 0.6) is 5.88 Å². The highest BCUT2D eigenvalue weighted by atomic mass is 32.1. The zero-order valence-electron chi connectivity index (χ0n) is 13.4. The first-order valence-electron chi connectivity index (χ1n) is 7.98. The lowest BCUT2D eigenvalue weighted by Gasteiger charge is -2.34. The first-order chi connectivity index (χ1) is 11.1. The average Bonchev–Trinajstić information content (AvgIpc) is 3.09. The molecule has 3 rings (SSSR count). The number of piperidine rings is 1. The molecule has 1 aliphatic rings. The summed E-state index contributed by atoms with van der Waals surface area (Å²) in [7, 11) is 0. The standard InChI is InChI=1S/C17H21N3O2S/c1-12(2)22-15-7-6-13(11-19-15)17(21)20-9-4-3-5-14(20)16-18-8-10-23-16/h6-8,10-12,14H,3-5,9H2,1-2H3. The van der Waals surface area contributed by atoms with Crippen LogP contribution in [0.3, 0.4) is 0 Å². The second-order valence-electron chi connectivity index (χ2n) is 5.93. The number of nitrogens with zero attached hydrogens (tertiary/aromatic N) is 3. The average molecular weight is 331 g/mol. The zero-order valence-corrected chi connectivity index (χ0v) is 14.3. The smallest absolute Gasteiger partial charge is 0.256 e. The Hall–Kier alpha value is -1.95. The molecule has 1 atom stereocenters. The summed E-state index contributed by atoms with van der Waals surface area (Å²) >= 11 is 1.61. The molecule has 0 aromatic carbocycles. The Labute approximate surface area is 140 Å². The molecule has 0 N–H and O–H groups in total. The Kier molecular flexibility index (Phi) is 4.91. The lowest BCUT2D eigenvalue weighted by atomic mass is 10.0. The van der Waals surface area contributed by atoms with Crippen molar-refractivity contribution in [2.75, 3.05) is 6.54 Å². The number of rotatable bonds is 4. The van der Waals surface area contributed by atoms with Gasteiger partial charge in [-0.3, -0.25) is 4.79 Å². The third-order valence-corrected chi connectivity index (χ3v) is 4.72. The molecule has 0 radical (unpaired) electrons. The van der Waals surface area contributed by atoms with Crippen molar-refractivity contribution in [2.45, 2.75) is 45.3 Å². The molecule has 1 amide bonds. The molecule has 5 nitrogen and oxygen atoms in total. The van der Waals surface area contributed by atoms with Crippen LogP contribution in [0.4, 0.5) is 0 Å². The van der Waals surface area contributed by atoms with Crippen LogP contribution in [0.2, 0.25) is 0 Å². The lowest BCUT2D eigenvalue weighted by Crippen LogP contribution is -2.38. The second-order valence-corrected chi connectivity index (χ2v) is 6.86. The molecule has 2 aromatic rings. The highest BCUT2D eigenvalue weighted by molar-refractivity contribution is 7.09. The third kappa shape index (κ3) is 3.69. The fourth-order valence-electron chi connectivity index (χ4n) is 2.81. The highest BCUT2D eigenvalue weighted by Crippen LogP contribution is 2.33. The van der Waals surface area contributed by atoms with E-state index in [9.17, 15) is 4.79 Å². The van der Waals surface area contributed by atoms with Crippen LogP contribution >= 0.6 is 11.3 Å². The largest absolute Gasteiger partial charge is 0.475 e. The quantitative estimate of drug-likeness (QED) is 0.857. The molecule has 3 heterocycles. The van der Waals surface area contributed by atoms with Crippen LogP contribution in [-0.4, -0.2) is 33.4 Å². The third-order valence-electron chi connectivity index (χ3n) is 3.84. The normalized spacial score (nSPS) is 18.2. The van der Waals surface area contributed by atoms with E-state index in [1.165, 1.54) is 0 Å². The number of hydrogen-bond acceptors (Lipinski definition) is 5. The van der Waals surface area contributed by atoms with Crippen LogP contribution in [-0.2, 0) is 0 Å². The second kappa shape index (κ2) is 7.08. The Morgan fingerprint density at radius 3 is 2.87 bits per heavy atom. The molecule has 23 heavy (non-hydrogen) atoms. The van der Waals surface area contributed by atoms with Crippen molar-refractivity contribution in [3.63, 3.8) is 0 Å². The summed E-state index contributed by atoms with van der Waals surface area (Å²) in [4.78, 5) is 23.4. The molecule has 0 bridgehead atoms. The maximum absolute atomic E-state index is 12.9. The Balaban J connectivity index is 1.77. The maximum Gasteiger partial charge on any atom is 0.256 e. The van der Waals surface area contributed by atoms with Gasteiger partial charge in [0, 0.05) is 30.4 Å². The van der Waals surface area contributed by atoms with Gasteiger partial charge in [-0.2, -0.15) is 0 Å². The number of hydrogen-bond donors (Lipinski definition) is 0. The van der Waals surface area contributed by atoms with Crippen LogP contribution < -0.4 is 4.74 Å². The van der Waals surface area contributed by atoms with Gasteiger partial charge in [0.2, 0.25) is 5.88 Å². The van der Waals surface area contributed by atoms with E-state index in [1.54, 1.807) is 35.9 Å². The van der Waals surface area contributed by atoms with Crippen LogP contribution in [0, 0.1) is 0 Å². The summed E-state index contributed by atoms with van der Waals surface area (Å²) in [6, 6.07) is 3.64. The first kappa shape index (κ1) is 15.9. The SMILES string of the molecule is CC(C)Oc1ccc(C(=O)N2CCCCC2c2nccs2)cn1. The van der Waals surface area contributed by atoms with Crippen molar-refractivity contribution in [1.29, 1.82) is 0 Å². The summed E-state index contributed by atoms with van der Waals surface area (Å²) in [5, 5.41) is 2.98. The molecule has 1 fully saturated rings. The summed E-state index contributed by atoms with van der Waals surface area (Å²) in [6.45, 7) is 4.67. The molecule has 6 heteroatoms. The minimum Gasteiger partial charge on any atom is -0.475 e. The molecular formula is C17H21N3O2S. The van der Waals surface area contributed by atoms with Crippen molar-refractivity contribution in [1.82, 2.24) is 14.9 Å². The lowest BCUT2D eigenvalue weighted by molar-refractivity contribution is 0.0610. The number of amides is 1. The van der Waals surface area contributed by atoms with Gasteiger partial charge in [-0.25, -0.2) is 9.97 Å². The predicted molar refractivity (Wildman–Crippen MR) is 89.7 cm³/mol. The summed E-state index contributed by atoms with van der Waals surface area (Å²) in [5.74, 6) is 0.570. The maximum atomic E-state index is 12.9. The molecule has 0 aliphatic carbocycles. The van der Waals surface area contributed by atoms with Crippen molar-refractivity contribution < 1.29 is 9.53 Å². The van der Waals surface area contributed by atoms with Crippen LogP contribution in [0.1, 0.15) is 54.5 Å². The summed E-state index contributed by atoms with van der Waals surface area (Å²) < 4.78 is 5.53. The van der Waals surface area contributed by atoms with E-state index in [-0.39, 0.29) is 18.1 Å². The Bertz CT molecular complexity index is 640. The number of likely N-dealkylation sites (tertiary alicyclic amines) is 1. The van der Waals surface area contributed by atoms with Crippen molar-refractivity contribution in [2.24, 2.45) is 0 Å². The van der Waals surface area contributed by atoms with E-state index in [4.69, 9.17) is 4.74 Å². The molecule has 0 spiro atoms. The number of thiazole rings is 1. The van der Waals surface area contributed by atoms with Gasteiger partial charge < -0.3 is 9.64 Å². The number of ether oxygens (including phenoxy) is 1. The fourth-order valence-corrected chi connectivity index (χ4v) is 3.60. The van der Waals surface area contributed by atoms with Gasteiger partial charge in [-0.15, -0.1) is 11.3 Å². The van der Waals surface area contributed by atoms with E-state index in [2.05, 4.69) is 9.97 Å². The Morgan fingerprint density at radius 1 is 1.35 bits per heavy atom. The number of carbonyl (C=O) groups excluding carboxylic acids is 1. The highest BCUT2D eigenvalue weighted by Gasteiger charge is 2.30. The fraction of sp³-hybridized carbons (Fsp3) is 0.471. The van der Waals surface area contributed by atoms with E-state index in [1.807, 2.05) is 24.1 Å². The van der Waals surface area contributed by atoms with E-state index < -0.39 is 0 Å². The van der Waals surface area contributed by atoms with Crippen molar-refractivity contribution in [3.8, 4) is 5.88 Å². The zero-order chi connectivity index (χ0) is 16.2. The number of aromatic nitrogens is 2. The van der Waals surface area contributed by atoms with Gasteiger partial charge in [0.15, 0.2) is 0 Å². The van der Waals surface area contributed by atoms with Crippen molar-refractivity contribution in [3.05, 3.63) is 40.5 Å².